The molecule has 0 atom stereocenters. The summed E-state index contributed by atoms with van der Waals surface area (Å²) in [5.74, 6) is 0.292. The molecule has 4 nitrogen and oxygen atoms in total. The molecule has 0 amide bonds. The maximum absolute atomic E-state index is 10.3. The first-order valence-electron chi connectivity index (χ1n) is 4.65. The topological polar surface area (TPSA) is 44.1 Å². The number of para-hydroxylation sites is 1. The Bertz CT molecular complexity index is 508. The van der Waals surface area contributed by atoms with Gasteiger partial charge in [-0.1, -0.05) is 29.8 Å². The standard InChI is InChI=1S/C11H9ClN2O2/c1-8-10(16-7-15)11(12)14(13-8)9-5-3-2-4-6-9/h2-7H,1H3. The summed E-state index contributed by atoms with van der Waals surface area (Å²) in [5, 5.41) is 4.49. The molecular formula is C11H9ClN2O2. The van der Waals surface area contributed by atoms with E-state index in [1.165, 1.54) is 4.68 Å². The van der Waals surface area contributed by atoms with Gasteiger partial charge >= 0.3 is 0 Å². The molecule has 0 unspecified atom stereocenters. The Morgan fingerprint density at radius 3 is 2.69 bits per heavy atom. The summed E-state index contributed by atoms with van der Waals surface area (Å²) in [5.41, 5.74) is 1.39. The number of carbonyl (C=O) groups is 1. The minimum atomic E-state index is 0.288. The second-order valence-corrected chi connectivity index (χ2v) is 3.52. The van der Waals surface area contributed by atoms with Crippen molar-refractivity contribution in [2.45, 2.75) is 6.92 Å². The molecule has 0 aliphatic heterocycles. The summed E-state index contributed by atoms with van der Waals surface area (Å²) in [6.07, 6.45) is 0. The number of nitrogens with zero attached hydrogens (tertiary/aromatic N) is 2. The molecule has 0 spiro atoms. The van der Waals surface area contributed by atoms with Crippen LogP contribution in [0.1, 0.15) is 5.69 Å². The zero-order valence-electron chi connectivity index (χ0n) is 8.55. The lowest BCUT2D eigenvalue weighted by Gasteiger charge is -2.01. The molecule has 0 radical (unpaired) electrons. The Balaban J connectivity index is 2.51. The van der Waals surface area contributed by atoms with Gasteiger partial charge in [0.05, 0.1) is 5.69 Å². The number of rotatable bonds is 3. The first kappa shape index (κ1) is 10.7. The molecule has 1 heterocycles. The van der Waals surface area contributed by atoms with Crippen LogP contribution in [0.5, 0.6) is 5.75 Å². The number of benzene rings is 1. The van der Waals surface area contributed by atoms with E-state index < -0.39 is 0 Å². The molecule has 0 saturated heterocycles. The quantitative estimate of drug-likeness (QED) is 0.769. The van der Waals surface area contributed by atoms with Gasteiger partial charge in [-0.05, 0) is 19.1 Å². The lowest BCUT2D eigenvalue weighted by atomic mass is 10.3. The van der Waals surface area contributed by atoms with Gasteiger partial charge in [0.2, 0.25) is 0 Å². The number of ether oxygens (including phenoxy) is 1. The van der Waals surface area contributed by atoms with E-state index in [-0.39, 0.29) is 5.15 Å². The molecule has 5 heteroatoms. The van der Waals surface area contributed by atoms with Gasteiger partial charge in [-0.3, -0.25) is 4.79 Å². The van der Waals surface area contributed by atoms with Crippen LogP contribution in [0.15, 0.2) is 30.3 Å². The summed E-state index contributed by atoms with van der Waals surface area (Å²) < 4.78 is 6.30. The number of hydrogen-bond acceptors (Lipinski definition) is 3. The molecule has 1 aromatic heterocycles. The minimum Gasteiger partial charge on any atom is -0.423 e. The molecule has 82 valence electrons. The van der Waals surface area contributed by atoms with E-state index in [1.54, 1.807) is 6.92 Å². The lowest BCUT2D eigenvalue weighted by Crippen LogP contribution is -1.96. The van der Waals surface area contributed by atoms with Crippen LogP contribution in [0, 0.1) is 6.92 Å². The van der Waals surface area contributed by atoms with Gasteiger partial charge in [-0.25, -0.2) is 4.68 Å². The van der Waals surface area contributed by atoms with Crippen molar-refractivity contribution in [3.63, 3.8) is 0 Å². The van der Waals surface area contributed by atoms with Crippen LogP contribution in [0.2, 0.25) is 5.15 Å². The third-order valence-corrected chi connectivity index (χ3v) is 2.45. The second-order valence-electron chi connectivity index (χ2n) is 3.17. The highest BCUT2D eigenvalue weighted by Crippen LogP contribution is 2.29. The van der Waals surface area contributed by atoms with E-state index in [1.807, 2.05) is 30.3 Å². The van der Waals surface area contributed by atoms with Gasteiger partial charge < -0.3 is 4.74 Å². The average molecular weight is 237 g/mol. The van der Waals surface area contributed by atoms with Gasteiger partial charge in [-0.2, -0.15) is 5.10 Å². The highest BCUT2D eigenvalue weighted by molar-refractivity contribution is 6.31. The fourth-order valence-electron chi connectivity index (χ4n) is 1.41. The first-order valence-corrected chi connectivity index (χ1v) is 5.02. The van der Waals surface area contributed by atoms with Crippen molar-refractivity contribution in [1.82, 2.24) is 9.78 Å². The lowest BCUT2D eigenvalue weighted by molar-refractivity contribution is -0.120. The number of halogens is 1. The molecule has 1 aromatic carbocycles. The van der Waals surface area contributed by atoms with Gasteiger partial charge in [0.1, 0.15) is 5.69 Å². The Morgan fingerprint density at radius 2 is 2.06 bits per heavy atom. The van der Waals surface area contributed by atoms with Gasteiger partial charge in [0.25, 0.3) is 6.47 Å². The number of aryl methyl sites for hydroxylation is 1. The molecule has 0 fully saturated rings. The zero-order valence-corrected chi connectivity index (χ0v) is 9.31. The van der Waals surface area contributed by atoms with Crippen LogP contribution >= 0.6 is 11.6 Å². The Hall–Kier alpha value is -1.81. The van der Waals surface area contributed by atoms with Crippen molar-refractivity contribution in [3.05, 3.63) is 41.2 Å². The van der Waals surface area contributed by atoms with Crippen LogP contribution in [-0.2, 0) is 4.79 Å². The summed E-state index contributed by atoms with van der Waals surface area (Å²) in [4.78, 5) is 10.3. The van der Waals surface area contributed by atoms with Crippen molar-refractivity contribution >= 4 is 18.1 Å². The van der Waals surface area contributed by atoms with Crippen molar-refractivity contribution in [3.8, 4) is 11.4 Å². The molecule has 2 aromatic rings. The van der Waals surface area contributed by atoms with E-state index in [4.69, 9.17) is 16.3 Å². The zero-order chi connectivity index (χ0) is 11.5. The van der Waals surface area contributed by atoms with Crippen LogP contribution in [0.3, 0.4) is 0 Å². The van der Waals surface area contributed by atoms with E-state index in [0.717, 1.165) is 5.69 Å². The third kappa shape index (κ3) is 1.79. The second kappa shape index (κ2) is 4.37. The maximum atomic E-state index is 10.3. The average Bonchev–Trinajstić information content (AvgIpc) is 2.59. The molecule has 0 aliphatic carbocycles. The fraction of sp³-hybridized carbons (Fsp3) is 0.0909. The largest absolute Gasteiger partial charge is 0.423 e. The van der Waals surface area contributed by atoms with Crippen LogP contribution in [0.4, 0.5) is 0 Å². The van der Waals surface area contributed by atoms with E-state index >= 15 is 0 Å². The first-order chi connectivity index (χ1) is 7.74. The van der Waals surface area contributed by atoms with Crippen LogP contribution in [-0.4, -0.2) is 16.3 Å². The Morgan fingerprint density at radius 1 is 1.38 bits per heavy atom. The molecule has 0 bridgehead atoms. The molecule has 16 heavy (non-hydrogen) atoms. The predicted molar refractivity (Wildman–Crippen MR) is 60.0 cm³/mol. The van der Waals surface area contributed by atoms with Crippen molar-refractivity contribution in [1.29, 1.82) is 0 Å². The van der Waals surface area contributed by atoms with Crippen molar-refractivity contribution < 1.29 is 9.53 Å². The molecular weight excluding hydrogens is 228 g/mol. The minimum absolute atomic E-state index is 0.288. The number of carbonyl (C=O) groups excluding carboxylic acids is 1. The number of aromatic nitrogens is 2. The Kier molecular flexibility index (Phi) is 2.92. The molecule has 0 saturated carbocycles. The van der Waals surface area contributed by atoms with E-state index in [0.29, 0.717) is 17.9 Å². The van der Waals surface area contributed by atoms with Gasteiger partial charge in [-0.15, -0.1) is 0 Å². The van der Waals surface area contributed by atoms with Crippen molar-refractivity contribution in [2.24, 2.45) is 0 Å². The third-order valence-electron chi connectivity index (χ3n) is 2.12. The monoisotopic (exact) mass is 236 g/mol. The SMILES string of the molecule is Cc1nn(-c2ccccc2)c(Cl)c1OC=O. The number of hydrogen-bond donors (Lipinski definition) is 0. The summed E-state index contributed by atoms with van der Waals surface area (Å²) in [7, 11) is 0. The maximum Gasteiger partial charge on any atom is 0.298 e. The van der Waals surface area contributed by atoms with Gasteiger partial charge in [0.15, 0.2) is 10.9 Å². The van der Waals surface area contributed by atoms with E-state index in [9.17, 15) is 4.79 Å². The van der Waals surface area contributed by atoms with Crippen LogP contribution < -0.4 is 4.74 Å². The molecule has 0 aliphatic rings. The summed E-state index contributed by atoms with van der Waals surface area (Å²) >= 11 is 6.06. The normalized spacial score (nSPS) is 10.1. The fourth-order valence-corrected chi connectivity index (χ4v) is 1.72. The summed E-state index contributed by atoms with van der Waals surface area (Å²) in [6.45, 7) is 2.06. The predicted octanol–water partition coefficient (Wildman–Crippen LogP) is 2.37. The van der Waals surface area contributed by atoms with Crippen molar-refractivity contribution in [2.75, 3.05) is 0 Å². The molecule has 0 N–H and O–H groups in total. The van der Waals surface area contributed by atoms with Gasteiger partial charge in [0, 0.05) is 0 Å². The molecule has 2 rings (SSSR count). The highest BCUT2D eigenvalue weighted by Gasteiger charge is 2.15. The summed E-state index contributed by atoms with van der Waals surface area (Å²) in [6, 6.07) is 9.38. The smallest absolute Gasteiger partial charge is 0.298 e. The highest BCUT2D eigenvalue weighted by atomic mass is 35.5. The Labute approximate surface area is 97.4 Å². The van der Waals surface area contributed by atoms with E-state index in [2.05, 4.69) is 5.10 Å². The van der Waals surface area contributed by atoms with Crippen LogP contribution in [0.25, 0.3) is 5.69 Å².